The fourth-order valence-corrected chi connectivity index (χ4v) is 4.51. The van der Waals surface area contributed by atoms with E-state index in [1.54, 1.807) is 11.8 Å². The molecule has 4 rings (SSSR count). The average molecular weight is 413 g/mol. The zero-order valence-electron chi connectivity index (χ0n) is 18.1. The molecule has 152 valence electrons. The number of benzene rings is 3. The van der Waals surface area contributed by atoms with E-state index in [0.29, 0.717) is 0 Å². The molecule has 0 aliphatic rings. The third-order valence-corrected chi connectivity index (χ3v) is 6.44. The van der Waals surface area contributed by atoms with E-state index >= 15 is 0 Å². The Morgan fingerprint density at radius 3 is 1.90 bits per heavy atom. The van der Waals surface area contributed by atoms with Crippen molar-refractivity contribution in [2.75, 3.05) is 0 Å². The van der Waals surface area contributed by atoms with Crippen molar-refractivity contribution < 1.29 is 0 Å². The zero-order chi connectivity index (χ0) is 21.1. The molecule has 0 aliphatic heterocycles. The van der Waals surface area contributed by atoms with Crippen LogP contribution in [0.15, 0.2) is 90.1 Å². The van der Waals surface area contributed by atoms with Crippen LogP contribution in [0.4, 0.5) is 0 Å². The molecular weight excluding hydrogens is 384 g/mol. The van der Waals surface area contributed by atoms with Gasteiger partial charge in [-0.1, -0.05) is 117 Å². The Labute approximate surface area is 184 Å². The number of hydrogen-bond donors (Lipinski definition) is 0. The van der Waals surface area contributed by atoms with Crippen molar-refractivity contribution in [3.05, 3.63) is 96.1 Å². The van der Waals surface area contributed by atoms with Gasteiger partial charge < -0.3 is 4.57 Å². The zero-order valence-corrected chi connectivity index (χ0v) is 18.9. The number of rotatable bonds is 5. The average Bonchev–Trinajstić information content (AvgIpc) is 3.09. The minimum Gasteiger partial charge on any atom is -0.322 e. The number of aromatic nitrogens is 2. The van der Waals surface area contributed by atoms with Gasteiger partial charge in [0.2, 0.25) is 0 Å². The Kier molecular flexibility index (Phi) is 5.83. The first kappa shape index (κ1) is 20.5. The highest BCUT2D eigenvalue weighted by atomic mass is 32.2. The normalized spacial score (nSPS) is 11.6. The van der Waals surface area contributed by atoms with Gasteiger partial charge in [0.25, 0.3) is 0 Å². The molecule has 3 aromatic carbocycles. The van der Waals surface area contributed by atoms with E-state index in [0.717, 1.165) is 27.9 Å². The smallest absolute Gasteiger partial charge is 0.169 e. The van der Waals surface area contributed by atoms with Crippen LogP contribution in [0.5, 0.6) is 0 Å². The molecule has 0 atom stereocenters. The summed E-state index contributed by atoms with van der Waals surface area (Å²) in [6.45, 7) is 6.75. The lowest BCUT2D eigenvalue weighted by Gasteiger charge is -2.19. The Hall–Kier alpha value is -2.78. The van der Waals surface area contributed by atoms with Crippen LogP contribution in [0.25, 0.3) is 22.5 Å². The number of nitrogens with zero attached hydrogens (tertiary/aromatic N) is 2. The van der Waals surface area contributed by atoms with E-state index in [4.69, 9.17) is 4.98 Å². The molecule has 0 radical (unpaired) electrons. The van der Waals surface area contributed by atoms with Gasteiger partial charge in [0.1, 0.15) is 0 Å². The molecule has 0 saturated heterocycles. The first-order valence-electron chi connectivity index (χ1n) is 10.3. The van der Waals surface area contributed by atoms with Gasteiger partial charge in [-0.2, -0.15) is 0 Å². The third-order valence-electron chi connectivity index (χ3n) is 5.34. The molecule has 0 amide bonds. The van der Waals surface area contributed by atoms with Gasteiger partial charge in [-0.3, -0.25) is 0 Å². The second kappa shape index (κ2) is 8.53. The Balaban J connectivity index is 1.65. The van der Waals surface area contributed by atoms with E-state index < -0.39 is 0 Å². The van der Waals surface area contributed by atoms with Crippen molar-refractivity contribution >= 4 is 11.8 Å². The van der Waals surface area contributed by atoms with Crippen molar-refractivity contribution in [1.82, 2.24) is 9.55 Å². The van der Waals surface area contributed by atoms with Gasteiger partial charge in [-0.05, 0) is 16.5 Å². The lowest BCUT2D eigenvalue weighted by molar-refractivity contribution is 0.590. The first-order valence-corrected chi connectivity index (χ1v) is 11.3. The molecule has 0 fully saturated rings. The summed E-state index contributed by atoms with van der Waals surface area (Å²) in [5, 5.41) is 1.03. The molecule has 0 saturated carbocycles. The van der Waals surface area contributed by atoms with E-state index in [2.05, 4.69) is 111 Å². The highest BCUT2D eigenvalue weighted by molar-refractivity contribution is 7.98. The highest BCUT2D eigenvalue weighted by Crippen LogP contribution is 2.36. The van der Waals surface area contributed by atoms with Gasteiger partial charge in [-0.15, -0.1) is 0 Å². The van der Waals surface area contributed by atoms with E-state index in [1.807, 2.05) is 6.07 Å². The molecule has 0 aliphatic carbocycles. The summed E-state index contributed by atoms with van der Waals surface area (Å²) in [7, 11) is 2.12. The van der Waals surface area contributed by atoms with Crippen LogP contribution in [-0.4, -0.2) is 9.55 Å². The largest absolute Gasteiger partial charge is 0.322 e. The van der Waals surface area contributed by atoms with Crippen molar-refractivity contribution in [3.63, 3.8) is 0 Å². The fraction of sp³-hybridized carbons (Fsp3) is 0.222. The molecule has 2 nitrogen and oxygen atoms in total. The summed E-state index contributed by atoms with van der Waals surface area (Å²) < 4.78 is 2.23. The summed E-state index contributed by atoms with van der Waals surface area (Å²) in [5.41, 5.74) is 7.40. The van der Waals surface area contributed by atoms with Crippen LogP contribution in [0.3, 0.4) is 0 Å². The quantitative estimate of drug-likeness (QED) is 0.319. The molecule has 30 heavy (non-hydrogen) atoms. The van der Waals surface area contributed by atoms with Crippen LogP contribution < -0.4 is 0 Å². The van der Waals surface area contributed by atoms with Gasteiger partial charge in [-0.25, -0.2) is 4.98 Å². The second-order valence-electron chi connectivity index (χ2n) is 8.62. The van der Waals surface area contributed by atoms with Gasteiger partial charge in [0, 0.05) is 23.9 Å². The summed E-state index contributed by atoms with van der Waals surface area (Å²) in [4.78, 5) is 5.05. The lowest BCUT2D eigenvalue weighted by atomic mass is 9.87. The molecule has 3 heteroatoms. The van der Waals surface area contributed by atoms with Gasteiger partial charge in [0.15, 0.2) is 5.16 Å². The SMILES string of the molecule is Cn1c(SCc2ccc(C(C)(C)C)cc2)nc(-c2ccccc2)c1-c1ccccc1. The van der Waals surface area contributed by atoms with Crippen LogP contribution >= 0.6 is 11.8 Å². The monoisotopic (exact) mass is 412 g/mol. The van der Waals surface area contributed by atoms with Crippen LogP contribution in [0.1, 0.15) is 31.9 Å². The van der Waals surface area contributed by atoms with Crippen LogP contribution in [0, 0.1) is 0 Å². The van der Waals surface area contributed by atoms with Crippen molar-refractivity contribution in [2.45, 2.75) is 37.1 Å². The van der Waals surface area contributed by atoms with E-state index in [9.17, 15) is 0 Å². The highest BCUT2D eigenvalue weighted by Gasteiger charge is 2.18. The van der Waals surface area contributed by atoms with Gasteiger partial charge >= 0.3 is 0 Å². The number of hydrogen-bond acceptors (Lipinski definition) is 2. The minimum absolute atomic E-state index is 0.181. The molecule has 0 unspecified atom stereocenters. The number of imidazole rings is 1. The maximum Gasteiger partial charge on any atom is 0.169 e. The van der Waals surface area contributed by atoms with Crippen molar-refractivity contribution in [1.29, 1.82) is 0 Å². The topological polar surface area (TPSA) is 17.8 Å². The fourth-order valence-electron chi connectivity index (χ4n) is 3.58. The van der Waals surface area contributed by atoms with Crippen molar-refractivity contribution in [3.8, 4) is 22.5 Å². The Morgan fingerprint density at radius 2 is 1.33 bits per heavy atom. The maximum absolute atomic E-state index is 5.05. The third kappa shape index (κ3) is 4.36. The molecule has 4 aromatic rings. The Morgan fingerprint density at radius 1 is 0.767 bits per heavy atom. The van der Waals surface area contributed by atoms with Gasteiger partial charge in [0.05, 0.1) is 11.4 Å². The predicted molar refractivity (Wildman–Crippen MR) is 129 cm³/mol. The molecule has 0 spiro atoms. The molecular formula is C27H28N2S. The summed E-state index contributed by atoms with van der Waals surface area (Å²) in [6.07, 6.45) is 0. The second-order valence-corrected chi connectivity index (χ2v) is 9.56. The first-order chi connectivity index (χ1) is 14.4. The minimum atomic E-state index is 0.181. The molecule has 0 bridgehead atoms. The van der Waals surface area contributed by atoms with Crippen LogP contribution in [-0.2, 0) is 18.2 Å². The van der Waals surface area contributed by atoms with E-state index in [1.165, 1.54) is 16.7 Å². The molecule has 1 aromatic heterocycles. The predicted octanol–water partition coefficient (Wildman–Crippen LogP) is 7.34. The van der Waals surface area contributed by atoms with E-state index in [-0.39, 0.29) is 5.41 Å². The van der Waals surface area contributed by atoms with Crippen LogP contribution in [0.2, 0.25) is 0 Å². The standard InChI is InChI=1S/C27H28N2S/c1-27(2,3)23-17-15-20(16-18-23)19-30-26-28-24(21-11-7-5-8-12-21)25(29(26)4)22-13-9-6-10-14-22/h5-18H,19H2,1-4H3. The Bertz CT molecular complexity index is 1110. The molecule has 1 heterocycles. The summed E-state index contributed by atoms with van der Waals surface area (Å²) >= 11 is 1.79. The lowest BCUT2D eigenvalue weighted by Crippen LogP contribution is -2.10. The maximum atomic E-state index is 5.05. The number of thioether (sulfide) groups is 1. The van der Waals surface area contributed by atoms with Crippen molar-refractivity contribution in [2.24, 2.45) is 7.05 Å². The molecule has 0 N–H and O–H groups in total. The summed E-state index contributed by atoms with van der Waals surface area (Å²) in [5.74, 6) is 0.901. The summed E-state index contributed by atoms with van der Waals surface area (Å²) in [6, 6.07) is 30.0.